The molecule has 5 N–H and O–H groups in total. The normalized spacial score (nSPS) is 12.6. The van der Waals surface area contributed by atoms with Crippen molar-refractivity contribution in [3.8, 4) is 0 Å². The molecular weight excluding hydrogens is 312 g/mol. The molecule has 0 aliphatic heterocycles. The topological polar surface area (TPSA) is 136 Å². The highest BCUT2D eigenvalue weighted by molar-refractivity contribution is 5.82. The van der Waals surface area contributed by atoms with Crippen LogP contribution in [-0.4, -0.2) is 39.8 Å². The molecule has 0 aromatic carbocycles. The van der Waals surface area contributed by atoms with Crippen LogP contribution in [0, 0.1) is 13.8 Å². The second-order valence-corrected chi connectivity index (χ2v) is 5.28. The first kappa shape index (κ1) is 19.6. The van der Waals surface area contributed by atoms with Gasteiger partial charge in [0.15, 0.2) is 0 Å². The van der Waals surface area contributed by atoms with E-state index in [0.29, 0.717) is 6.61 Å². The highest BCUT2D eigenvalue weighted by atomic mass is 16.7. The molecule has 1 aromatic rings. The molecule has 0 aliphatic carbocycles. The predicted molar refractivity (Wildman–Crippen MR) is 91.8 cm³/mol. The summed E-state index contributed by atoms with van der Waals surface area (Å²) in [6.07, 6.45) is 0.688. The number of rotatable bonds is 7. The minimum Gasteiger partial charge on any atom is -0.367 e. The Kier molecular flexibility index (Phi) is 7.86. The van der Waals surface area contributed by atoms with Crippen LogP contribution in [0.15, 0.2) is 16.2 Å². The summed E-state index contributed by atoms with van der Waals surface area (Å²) in [6.45, 7) is 9.71. The van der Waals surface area contributed by atoms with Gasteiger partial charge in [0.2, 0.25) is 11.9 Å². The number of hydrazone groups is 1. The molecule has 0 saturated carbocycles. The maximum absolute atomic E-state index is 5.93. The highest BCUT2D eigenvalue weighted by Gasteiger charge is 2.11. The highest BCUT2D eigenvalue weighted by Crippen LogP contribution is 2.08. The molecule has 0 aliphatic rings. The van der Waals surface area contributed by atoms with Gasteiger partial charge in [0.25, 0.3) is 5.95 Å². The number of nitrogens with zero attached hydrogens (tertiary/aromatic N) is 5. The van der Waals surface area contributed by atoms with E-state index < -0.39 is 0 Å². The van der Waals surface area contributed by atoms with Crippen molar-refractivity contribution in [3.05, 3.63) is 17.5 Å². The zero-order valence-electron chi connectivity index (χ0n) is 14.8. The Morgan fingerprint density at radius 1 is 1.29 bits per heavy atom. The average molecular weight is 338 g/mol. The van der Waals surface area contributed by atoms with Crippen LogP contribution < -0.4 is 16.9 Å². The minimum absolute atomic E-state index is 0.0284. The summed E-state index contributed by atoms with van der Waals surface area (Å²) in [5.74, 6) is 0.136. The van der Waals surface area contributed by atoms with E-state index in [9.17, 15) is 0 Å². The standard InChI is InChI=1S/C14H26N8O2/c1-6-7-23-22(20-12(15)21-24-9(2)3)13(16)19-14-17-10(4)8-11(5)18-14/h8-9H,6-7H2,1-5H3,(H3,15,20,21)(H2,16,17,18,19). The number of aliphatic imine (C=N–C) groups is 1. The van der Waals surface area contributed by atoms with E-state index in [1.54, 1.807) is 0 Å². The third-order valence-electron chi connectivity index (χ3n) is 2.40. The Morgan fingerprint density at radius 3 is 2.46 bits per heavy atom. The number of nitrogens with one attached hydrogen (secondary N) is 1. The van der Waals surface area contributed by atoms with Crippen molar-refractivity contribution in [1.82, 2.24) is 20.6 Å². The molecule has 0 radical (unpaired) electrons. The number of hydroxylamine groups is 2. The molecular formula is C14H26N8O2. The number of nitrogens with two attached hydrogens (primary N) is 2. The number of hydrogen-bond acceptors (Lipinski definition) is 6. The lowest BCUT2D eigenvalue weighted by Gasteiger charge is -2.18. The SMILES string of the molecule is CCCON(N=C(N)NOC(C)C)C(N)=Nc1nc(C)cc(C)n1. The summed E-state index contributed by atoms with van der Waals surface area (Å²) < 4.78 is 0. The second-order valence-electron chi connectivity index (χ2n) is 5.28. The summed E-state index contributed by atoms with van der Waals surface area (Å²) in [6, 6.07) is 1.84. The van der Waals surface area contributed by atoms with Gasteiger partial charge < -0.3 is 11.5 Å². The van der Waals surface area contributed by atoms with Crippen LogP contribution in [0.2, 0.25) is 0 Å². The quantitative estimate of drug-likeness (QED) is 0.378. The van der Waals surface area contributed by atoms with Crippen molar-refractivity contribution in [2.45, 2.75) is 47.1 Å². The van der Waals surface area contributed by atoms with Gasteiger partial charge in [-0.2, -0.15) is 4.99 Å². The van der Waals surface area contributed by atoms with E-state index in [1.807, 2.05) is 40.7 Å². The number of hydrogen-bond donors (Lipinski definition) is 3. The minimum atomic E-state index is -0.0709. The zero-order valence-corrected chi connectivity index (χ0v) is 14.8. The fraction of sp³-hybridized carbons (Fsp3) is 0.571. The van der Waals surface area contributed by atoms with Crippen LogP contribution in [-0.2, 0) is 9.68 Å². The summed E-state index contributed by atoms with van der Waals surface area (Å²) in [5.41, 5.74) is 15.7. The molecule has 0 amide bonds. The van der Waals surface area contributed by atoms with Gasteiger partial charge >= 0.3 is 0 Å². The van der Waals surface area contributed by atoms with E-state index in [4.69, 9.17) is 21.1 Å². The summed E-state index contributed by atoms with van der Waals surface area (Å²) in [4.78, 5) is 23.1. The van der Waals surface area contributed by atoms with Crippen molar-refractivity contribution >= 4 is 17.9 Å². The predicted octanol–water partition coefficient (Wildman–Crippen LogP) is 0.843. The third-order valence-corrected chi connectivity index (χ3v) is 2.40. The molecule has 1 heterocycles. The van der Waals surface area contributed by atoms with E-state index in [2.05, 4.69) is 25.5 Å². The molecule has 0 saturated heterocycles. The fourth-order valence-electron chi connectivity index (χ4n) is 1.52. The van der Waals surface area contributed by atoms with Crippen molar-refractivity contribution in [2.24, 2.45) is 21.6 Å². The Balaban J connectivity index is 2.96. The smallest absolute Gasteiger partial charge is 0.253 e. The fourth-order valence-corrected chi connectivity index (χ4v) is 1.52. The molecule has 1 rings (SSSR count). The first-order valence-corrected chi connectivity index (χ1v) is 7.67. The lowest BCUT2D eigenvalue weighted by atomic mass is 10.4. The van der Waals surface area contributed by atoms with E-state index in [1.165, 1.54) is 0 Å². The summed E-state index contributed by atoms with van der Waals surface area (Å²) >= 11 is 0. The monoisotopic (exact) mass is 338 g/mol. The number of aryl methyl sites for hydroxylation is 2. The van der Waals surface area contributed by atoms with Gasteiger partial charge in [-0.3, -0.25) is 4.84 Å². The average Bonchev–Trinajstić information content (AvgIpc) is 2.48. The van der Waals surface area contributed by atoms with Gasteiger partial charge in [0.05, 0.1) is 12.7 Å². The molecule has 10 nitrogen and oxygen atoms in total. The lowest BCUT2D eigenvalue weighted by molar-refractivity contribution is -0.101. The summed E-state index contributed by atoms with van der Waals surface area (Å²) in [7, 11) is 0. The van der Waals surface area contributed by atoms with Crippen LogP contribution >= 0.6 is 0 Å². The Bertz CT molecular complexity index is 568. The van der Waals surface area contributed by atoms with E-state index in [0.717, 1.165) is 23.0 Å². The zero-order chi connectivity index (χ0) is 18.1. The molecule has 134 valence electrons. The number of aromatic nitrogens is 2. The van der Waals surface area contributed by atoms with Gasteiger partial charge in [0.1, 0.15) is 0 Å². The Morgan fingerprint density at radius 2 is 1.92 bits per heavy atom. The Hall–Kier alpha value is -2.46. The van der Waals surface area contributed by atoms with Crippen molar-refractivity contribution < 1.29 is 9.68 Å². The van der Waals surface area contributed by atoms with Crippen LogP contribution in [0.1, 0.15) is 38.6 Å². The van der Waals surface area contributed by atoms with Gasteiger partial charge in [-0.15, -0.1) is 5.10 Å². The largest absolute Gasteiger partial charge is 0.367 e. The molecule has 0 bridgehead atoms. The third kappa shape index (κ3) is 7.20. The van der Waals surface area contributed by atoms with Crippen LogP contribution in [0.25, 0.3) is 0 Å². The van der Waals surface area contributed by atoms with Crippen molar-refractivity contribution in [2.75, 3.05) is 6.61 Å². The second kappa shape index (κ2) is 9.63. The maximum atomic E-state index is 5.93. The van der Waals surface area contributed by atoms with Gasteiger partial charge in [-0.05, 0) is 40.2 Å². The van der Waals surface area contributed by atoms with Crippen molar-refractivity contribution in [3.63, 3.8) is 0 Å². The molecule has 1 aromatic heterocycles. The first-order valence-electron chi connectivity index (χ1n) is 7.67. The van der Waals surface area contributed by atoms with Gasteiger partial charge in [-0.1, -0.05) is 12.1 Å². The van der Waals surface area contributed by atoms with E-state index >= 15 is 0 Å². The van der Waals surface area contributed by atoms with Crippen LogP contribution in [0.4, 0.5) is 5.95 Å². The molecule has 0 atom stereocenters. The molecule has 24 heavy (non-hydrogen) atoms. The maximum Gasteiger partial charge on any atom is 0.253 e. The summed E-state index contributed by atoms with van der Waals surface area (Å²) in [5, 5.41) is 5.00. The molecule has 0 fully saturated rings. The first-order chi connectivity index (χ1) is 11.3. The van der Waals surface area contributed by atoms with Gasteiger partial charge in [-0.25, -0.2) is 20.3 Å². The molecule has 0 unspecified atom stereocenters. The lowest BCUT2D eigenvalue weighted by Crippen LogP contribution is -2.40. The van der Waals surface area contributed by atoms with Crippen LogP contribution in [0.3, 0.4) is 0 Å². The molecule has 10 heteroatoms. The Labute approximate surface area is 141 Å². The molecule has 0 spiro atoms. The van der Waals surface area contributed by atoms with Crippen LogP contribution in [0.5, 0.6) is 0 Å². The van der Waals surface area contributed by atoms with Gasteiger partial charge in [0, 0.05) is 11.4 Å². The number of guanidine groups is 2. The van der Waals surface area contributed by atoms with E-state index in [-0.39, 0.29) is 24.0 Å². The van der Waals surface area contributed by atoms with Crippen molar-refractivity contribution in [1.29, 1.82) is 0 Å².